The molecular weight excluding hydrogens is 134 g/mol. The molecule has 54 valence electrons. The van der Waals surface area contributed by atoms with Crippen molar-refractivity contribution in [3.05, 3.63) is 0 Å². The van der Waals surface area contributed by atoms with Gasteiger partial charge in [0, 0.05) is 18.9 Å². The molecule has 0 aromatic rings. The zero-order chi connectivity index (χ0) is 6.69. The van der Waals surface area contributed by atoms with Gasteiger partial charge in [-0.15, -0.1) is 0 Å². The molecule has 1 rings (SSSR count). The van der Waals surface area contributed by atoms with Crippen molar-refractivity contribution in [2.75, 3.05) is 26.0 Å². The lowest BCUT2D eigenvalue weighted by molar-refractivity contribution is 0.222. The smallest absolute Gasteiger partial charge is 0.0468 e. The van der Waals surface area contributed by atoms with Crippen LogP contribution in [0.15, 0.2) is 0 Å². The van der Waals surface area contributed by atoms with Crippen molar-refractivity contribution in [1.82, 2.24) is 4.31 Å². The first-order chi connectivity index (χ1) is 4.33. The lowest BCUT2D eigenvalue weighted by Crippen LogP contribution is -2.25. The third-order valence-corrected chi connectivity index (χ3v) is 2.88. The minimum Gasteiger partial charge on any atom is -0.396 e. The maximum atomic E-state index is 8.75. The summed E-state index contributed by atoms with van der Waals surface area (Å²) in [5, 5.41) is 8.75. The molecule has 1 saturated heterocycles. The first kappa shape index (κ1) is 7.38. The predicted octanol–water partition coefficient (Wildman–Crippen LogP) is 0.579. The number of aliphatic hydroxyl groups excluding tert-OH is 1. The van der Waals surface area contributed by atoms with Crippen LogP contribution in [0.5, 0.6) is 0 Å². The molecule has 0 aromatic heterocycles. The van der Waals surface area contributed by atoms with Gasteiger partial charge in [-0.2, -0.15) is 0 Å². The molecule has 0 saturated carbocycles. The van der Waals surface area contributed by atoms with Gasteiger partial charge in [-0.25, -0.2) is 0 Å². The second kappa shape index (κ2) is 3.44. The highest BCUT2D eigenvalue weighted by Crippen LogP contribution is 2.21. The van der Waals surface area contributed by atoms with Gasteiger partial charge in [0.05, 0.1) is 0 Å². The Labute approximate surface area is 60.4 Å². The van der Waals surface area contributed by atoms with Crippen molar-refractivity contribution >= 4 is 11.9 Å². The summed E-state index contributed by atoms with van der Waals surface area (Å²) in [5.41, 5.74) is 0. The summed E-state index contributed by atoms with van der Waals surface area (Å²) in [5.74, 6) is 1.64. The van der Waals surface area contributed by atoms with Gasteiger partial charge in [-0.3, -0.25) is 4.31 Å². The number of nitrogens with zero attached hydrogens (tertiary/aromatic N) is 1. The van der Waals surface area contributed by atoms with Crippen molar-refractivity contribution in [3.63, 3.8) is 0 Å². The summed E-state index contributed by atoms with van der Waals surface area (Å²) >= 11 is 1.82. The summed E-state index contributed by atoms with van der Waals surface area (Å²) in [4.78, 5) is 0. The molecule has 1 N–H and O–H groups in total. The van der Waals surface area contributed by atoms with Crippen LogP contribution < -0.4 is 0 Å². The van der Waals surface area contributed by atoms with Crippen LogP contribution in [0, 0.1) is 5.92 Å². The van der Waals surface area contributed by atoms with E-state index in [4.69, 9.17) is 5.11 Å². The molecule has 3 heteroatoms. The molecule has 1 atom stereocenters. The van der Waals surface area contributed by atoms with Crippen LogP contribution in [-0.4, -0.2) is 35.4 Å². The molecule has 2 nitrogen and oxygen atoms in total. The fourth-order valence-electron chi connectivity index (χ4n) is 0.889. The van der Waals surface area contributed by atoms with Gasteiger partial charge >= 0.3 is 0 Å². The third-order valence-electron chi connectivity index (χ3n) is 1.64. The van der Waals surface area contributed by atoms with Gasteiger partial charge in [-0.05, 0) is 19.4 Å². The van der Waals surface area contributed by atoms with Crippen LogP contribution in [0.1, 0.15) is 6.42 Å². The molecule has 1 unspecified atom stereocenters. The Morgan fingerprint density at radius 3 is 3.00 bits per heavy atom. The van der Waals surface area contributed by atoms with E-state index < -0.39 is 0 Å². The number of hydrogen-bond acceptors (Lipinski definition) is 3. The monoisotopic (exact) mass is 147 g/mol. The maximum absolute atomic E-state index is 8.75. The molecule has 0 radical (unpaired) electrons. The molecular formula is C6H13NOS. The van der Waals surface area contributed by atoms with E-state index >= 15 is 0 Å². The summed E-state index contributed by atoms with van der Waals surface area (Å²) in [7, 11) is 2.10. The SMILES string of the molecule is CN1CCC(CO)CS1. The summed E-state index contributed by atoms with van der Waals surface area (Å²) in [6.45, 7) is 1.48. The maximum Gasteiger partial charge on any atom is 0.0468 e. The van der Waals surface area contributed by atoms with Crippen LogP contribution in [-0.2, 0) is 0 Å². The molecule has 1 aliphatic rings. The molecule has 1 aliphatic heterocycles. The van der Waals surface area contributed by atoms with Gasteiger partial charge in [-0.1, -0.05) is 11.9 Å². The minimum absolute atomic E-state index is 0.362. The van der Waals surface area contributed by atoms with E-state index in [2.05, 4.69) is 11.4 Å². The van der Waals surface area contributed by atoms with Crippen LogP contribution in [0.2, 0.25) is 0 Å². The van der Waals surface area contributed by atoms with Crippen molar-refractivity contribution in [2.24, 2.45) is 5.92 Å². The lowest BCUT2D eigenvalue weighted by atomic mass is 10.1. The van der Waals surface area contributed by atoms with E-state index in [0.29, 0.717) is 12.5 Å². The molecule has 0 aliphatic carbocycles. The average Bonchev–Trinajstić information content (AvgIpc) is 1.90. The van der Waals surface area contributed by atoms with Crippen LogP contribution in [0.3, 0.4) is 0 Å². The van der Waals surface area contributed by atoms with Gasteiger partial charge in [0.15, 0.2) is 0 Å². The zero-order valence-electron chi connectivity index (χ0n) is 5.71. The highest BCUT2D eigenvalue weighted by Gasteiger charge is 2.15. The fraction of sp³-hybridized carbons (Fsp3) is 1.00. The van der Waals surface area contributed by atoms with Gasteiger partial charge in [0.2, 0.25) is 0 Å². The van der Waals surface area contributed by atoms with E-state index in [-0.39, 0.29) is 0 Å². The first-order valence-electron chi connectivity index (χ1n) is 3.28. The summed E-state index contributed by atoms with van der Waals surface area (Å²) in [6, 6.07) is 0. The zero-order valence-corrected chi connectivity index (χ0v) is 6.52. The highest BCUT2D eigenvalue weighted by molar-refractivity contribution is 7.97. The van der Waals surface area contributed by atoms with E-state index in [1.54, 1.807) is 0 Å². The van der Waals surface area contributed by atoms with Crippen molar-refractivity contribution in [2.45, 2.75) is 6.42 Å². The van der Waals surface area contributed by atoms with Gasteiger partial charge in [0.1, 0.15) is 0 Å². The van der Waals surface area contributed by atoms with Crippen molar-refractivity contribution < 1.29 is 5.11 Å². The largest absolute Gasteiger partial charge is 0.396 e. The molecule has 0 spiro atoms. The quantitative estimate of drug-likeness (QED) is 0.549. The normalized spacial score (nSPS) is 30.7. The Morgan fingerprint density at radius 1 is 1.78 bits per heavy atom. The molecule has 1 fully saturated rings. The molecule has 0 aromatic carbocycles. The molecule has 0 amide bonds. The van der Waals surface area contributed by atoms with Gasteiger partial charge in [0.25, 0.3) is 0 Å². The number of hydrogen-bond donors (Lipinski definition) is 1. The third kappa shape index (κ3) is 2.16. The van der Waals surface area contributed by atoms with E-state index in [9.17, 15) is 0 Å². The van der Waals surface area contributed by atoms with E-state index in [1.807, 2.05) is 11.9 Å². The summed E-state index contributed by atoms with van der Waals surface area (Å²) < 4.78 is 2.23. The minimum atomic E-state index is 0.362. The topological polar surface area (TPSA) is 23.5 Å². The predicted molar refractivity (Wildman–Crippen MR) is 40.3 cm³/mol. The summed E-state index contributed by atoms with van der Waals surface area (Å²) in [6.07, 6.45) is 1.15. The highest BCUT2D eigenvalue weighted by atomic mass is 32.2. The first-order valence-corrected chi connectivity index (χ1v) is 4.22. The van der Waals surface area contributed by atoms with Gasteiger partial charge < -0.3 is 5.11 Å². The van der Waals surface area contributed by atoms with E-state index in [0.717, 1.165) is 18.7 Å². The molecule has 0 bridgehead atoms. The second-order valence-corrected chi connectivity index (χ2v) is 3.70. The Kier molecular flexibility index (Phi) is 2.82. The van der Waals surface area contributed by atoms with Crippen LogP contribution in [0.4, 0.5) is 0 Å². The Balaban J connectivity index is 2.18. The number of aliphatic hydroxyl groups is 1. The molecule has 9 heavy (non-hydrogen) atoms. The van der Waals surface area contributed by atoms with E-state index in [1.165, 1.54) is 0 Å². The average molecular weight is 147 g/mol. The Morgan fingerprint density at radius 2 is 2.56 bits per heavy atom. The second-order valence-electron chi connectivity index (χ2n) is 2.48. The Hall–Kier alpha value is 0.270. The van der Waals surface area contributed by atoms with Crippen LogP contribution >= 0.6 is 11.9 Å². The fourth-order valence-corrected chi connectivity index (χ4v) is 1.86. The lowest BCUT2D eigenvalue weighted by Gasteiger charge is -2.26. The number of rotatable bonds is 1. The molecule has 1 heterocycles. The Bertz CT molecular complexity index is 81.1. The standard InChI is InChI=1S/C6H13NOS/c1-7-3-2-6(4-8)5-9-7/h6,8H,2-5H2,1H3. The van der Waals surface area contributed by atoms with Crippen molar-refractivity contribution in [1.29, 1.82) is 0 Å². The van der Waals surface area contributed by atoms with Crippen LogP contribution in [0.25, 0.3) is 0 Å². The van der Waals surface area contributed by atoms with Crippen molar-refractivity contribution in [3.8, 4) is 0 Å².